The molecule has 2 aromatic rings. The van der Waals surface area contributed by atoms with E-state index in [1.807, 2.05) is 45.9 Å². The molecule has 0 aliphatic heterocycles. The molecule has 0 radical (unpaired) electrons. The van der Waals surface area contributed by atoms with Gasteiger partial charge in [0.1, 0.15) is 5.76 Å². The van der Waals surface area contributed by atoms with Crippen LogP contribution in [0.2, 0.25) is 0 Å². The molecule has 0 atom stereocenters. The van der Waals surface area contributed by atoms with Gasteiger partial charge in [-0.3, -0.25) is 9.59 Å². The second kappa shape index (κ2) is 8.20. The molecule has 1 aromatic heterocycles. The van der Waals surface area contributed by atoms with Gasteiger partial charge in [0.15, 0.2) is 0 Å². The quantitative estimate of drug-likeness (QED) is 0.773. The molecule has 0 saturated heterocycles. The average molecular weight is 361 g/mol. The summed E-state index contributed by atoms with van der Waals surface area (Å²) in [4.78, 5) is 25.1. The molecule has 134 valence electrons. The molecule has 0 saturated carbocycles. The van der Waals surface area contributed by atoms with Crippen molar-refractivity contribution in [3.63, 3.8) is 0 Å². The Balaban J connectivity index is 1.96. The number of carbonyl (C=O) groups is 2. The lowest BCUT2D eigenvalue weighted by Crippen LogP contribution is -2.45. The molecule has 2 N–H and O–H groups in total. The van der Waals surface area contributed by atoms with Gasteiger partial charge in [0.25, 0.3) is 5.91 Å². The highest BCUT2D eigenvalue weighted by Gasteiger charge is 2.16. The molecule has 2 amide bonds. The third-order valence-electron chi connectivity index (χ3n) is 3.10. The van der Waals surface area contributed by atoms with Gasteiger partial charge in [0, 0.05) is 16.5 Å². The molecule has 0 aliphatic carbocycles. The van der Waals surface area contributed by atoms with E-state index in [1.54, 1.807) is 12.1 Å². The van der Waals surface area contributed by atoms with Gasteiger partial charge in [-0.05, 0) is 39.8 Å². The first-order valence-corrected chi connectivity index (χ1v) is 8.96. The maximum absolute atomic E-state index is 12.4. The lowest BCUT2D eigenvalue weighted by molar-refractivity contribution is -0.121. The maximum atomic E-state index is 12.4. The molecule has 1 aromatic carbocycles. The molecule has 1 heterocycles. The van der Waals surface area contributed by atoms with E-state index in [0.717, 1.165) is 16.3 Å². The van der Waals surface area contributed by atoms with E-state index in [9.17, 15) is 9.59 Å². The van der Waals surface area contributed by atoms with Crippen LogP contribution >= 0.6 is 11.8 Å². The molecule has 2 rings (SSSR count). The normalized spacial score (nSPS) is 11.2. The zero-order valence-corrected chi connectivity index (χ0v) is 15.7. The van der Waals surface area contributed by atoms with E-state index in [0.29, 0.717) is 11.3 Å². The summed E-state index contributed by atoms with van der Waals surface area (Å²) in [6.45, 7) is 7.48. The number of rotatable bonds is 6. The van der Waals surface area contributed by atoms with Crippen molar-refractivity contribution in [2.24, 2.45) is 0 Å². The number of amides is 2. The number of thioether (sulfide) groups is 1. The molecular formula is C18H23N3O3S. The summed E-state index contributed by atoms with van der Waals surface area (Å²) in [6, 6.07) is 9.15. The van der Waals surface area contributed by atoms with Gasteiger partial charge in [0.05, 0.1) is 23.6 Å². The smallest absolute Gasteiger partial charge is 0.252 e. The summed E-state index contributed by atoms with van der Waals surface area (Å²) in [6.07, 6.45) is 0. The molecule has 7 heteroatoms. The molecular weight excluding hydrogens is 338 g/mol. The van der Waals surface area contributed by atoms with Gasteiger partial charge < -0.3 is 15.2 Å². The highest BCUT2D eigenvalue weighted by Crippen LogP contribution is 2.26. The number of benzene rings is 1. The number of aryl methyl sites for hydroxylation is 1. The predicted octanol–water partition coefficient (Wildman–Crippen LogP) is 2.92. The van der Waals surface area contributed by atoms with Gasteiger partial charge in [0.2, 0.25) is 5.91 Å². The van der Waals surface area contributed by atoms with Gasteiger partial charge in [-0.25, -0.2) is 0 Å². The Kier molecular flexibility index (Phi) is 6.25. The topological polar surface area (TPSA) is 84.2 Å². The number of nitrogens with one attached hydrogen (secondary N) is 2. The largest absolute Gasteiger partial charge is 0.360 e. The summed E-state index contributed by atoms with van der Waals surface area (Å²) in [5.41, 5.74) is 1.03. The first-order valence-electron chi connectivity index (χ1n) is 7.98. The van der Waals surface area contributed by atoms with Crippen molar-refractivity contribution in [3.8, 4) is 0 Å². The van der Waals surface area contributed by atoms with Crippen LogP contribution in [0.1, 0.15) is 42.6 Å². The predicted molar refractivity (Wildman–Crippen MR) is 97.5 cm³/mol. The van der Waals surface area contributed by atoms with Crippen molar-refractivity contribution in [2.75, 3.05) is 6.54 Å². The van der Waals surface area contributed by atoms with Crippen LogP contribution in [0.5, 0.6) is 0 Å². The minimum Gasteiger partial charge on any atom is -0.360 e. The van der Waals surface area contributed by atoms with E-state index in [1.165, 1.54) is 11.8 Å². The standard InChI is InChI=1S/C18H23N3O3S/c1-12-9-13(24-21-12)11-25-15-8-6-5-7-14(15)17(23)19-10-16(22)20-18(2,3)4/h5-9H,10-11H2,1-4H3,(H,19,23)(H,20,22). The molecule has 0 unspecified atom stereocenters. The lowest BCUT2D eigenvalue weighted by atomic mass is 10.1. The SMILES string of the molecule is Cc1cc(CSc2ccccc2C(=O)NCC(=O)NC(C)(C)C)on1. The monoisotopic (exact) mass is 361 g/mol. The van der Waals surface area contributed by atoms with E-state index < -0.39 is 0 Å². The molecule has 0 aliphatic rings. The Bertz CT molecular complexity index is 750. The molecule has 0 spiro atoms. The zero-order chi connectivity index (χ0) is 18.4. The van der Waals surface area contributed by atoms with Crippen LogP contribution in [0, 0.1) is 6.92 Å². The van der Waals surface area contributed by atoms with Crippen LogP contribution in [0.4, 0.5) is 0 Å². The van der Waals surface area contributed by atoms with E-state index in [-0.39, 0.29) is 23.9 Å². The van der Waals surface area contributed by atoms with Gasteiger partial charge >= 0.3 is 0 Å². The fraction of sp³-hybridized carbons (Fsp3) is 0.389. The van der Waals surface area contributed by atoms with Crippen LogP contribution in [0.15, 0.2) is 39.8 Å². The van der Waals surface area contributed by atoms with Crippen LogP contribution in [0.3, 0.4) is 0 Å². The highest BCUT2D eigenvalue weighted by atomic mass is 32.2. The minimum atomic E-state index is -0.329. The van der Waals surface area contributed by atoms with Gasteiger partial charge in [-0.15, -0.1) is 11.8 Å². The van der Waals surface area contributed by atoms with Crippen LogP contribution in [-0.2, 0) is 10.5 Å². The molecule has 0 bridgehead atoms. The summed E-state index contributed by atoms with van der Waals surface area (Å²) in [5.74, 6) is 0.835. The highest BCUT2D eigenvalue weighted by molar-refractivity contribution is 7.98. The lowest BCUT2D eigenvalue weighted by Gasteiger charge is -2.20. The molecule has 0 fully saturated rings. The second-order valence-electron chi connectivity index (χ2n) is 6.70. The number of aromatic nitrogens is 1. The van der Waals surface area contributed by atoms with Crippen molar-refractivity contribution >= 4 is 23.6 Å². The van der Waals surface area contributed by atoms with Crippen molar-refractivity contribution in [1.29, 1.82) is 0 Å². The first kappa shape index (κ1) is 19.1. The third-order valence-corrected chi connectivity index (χ3v) is 4.20. The fourth-order valence-electron chi connectivity index (χ4n) is 2.13. The number of hydrogen-bond acceptors (Lipinski definition) is 5. The van der Waals surface area contributed by atoms with Crippen LogP contribution in [0.25, 0.3) is 0 Å². The Hall–Kier alpha value is -2.28. The Labute approximate surface area is 151 Å². The van der Waals surface area contributed by atoms with Crippen molar-refractivity contribution in [2.45, 2.75) is 43.9 Å². The Morgan fingerprint density at radius 3 is 2.60 bits per heavy atom. The van der Waals surface area contributed by atoms with Crippen molar-refractivity contribution < 1.29 is 14.1 Å². The number of nitrogens with zero attached hydrogens (tertiary/aromatic N) is 1. The van der Waals surface area contributed by atoms with Gasteiger partial charge in [-0.2, -0.15) is 0 Å². The maximum Gasteiger partial charge on any atom is 0.252 e. The van der Waals surface area contributed by atoms with E-state index in [4.69, 9.17) is 4.52 Å². The summed E-state index contributed by atoms with van der Waals surface area (Å²) >= 11 is 1.49. The summed E-state index contributed by atoms with van der Waals surface area (Å²) in [5, 5.41) is 9.33. The summed E-state index contributed by atoms with van der Waals surface area (Å²) in [7, 11) is 0. The summed E-state index contributed by atoms with van der Waals surface area (Å²) < 4.78 is 5.19. The van der Waals surface area contributed by atoms with Crippen molar-refractivity contribution in [3.05, 3.63) is 47.3 Å². The van der Waals surface area contributed by atoms with Crippen molar-refractivity contribution in [1.82, 2.24) is 15.8 Å². The number of carbonyl (C=O) groups excluding carboxylic acids is 2. The third kappa shape index (κ3) is 6.26. The minimum absolute atomic E-state index is 0.0591. The molecule has 6 nitrogen and oxygen atoms in total. The van der Waals surface area contributed by atoms with E-state index >= 15 is 0 Å². The Morgan fingerprint density at radius 1 is 1.24 bits per heavy atom. The van der Waals surface area contributed by atoms with E-state index in [2.05, 4.69) is 15.8 Å². The first-order chi connectivity index (χ1) is 11.7. The molecule has 25 heavy (non-hydrogen) atoms. The second-order valence-corrected chi connectivity index (χ2v) is 7.72. The van der Waals surface area contributed by atoms with Crippen LogP contribution < -0.4 is 10.6 Å². The zero-order valence-electron chi connectivity index (χ0n) is 14.9. The van der Waals surface area contributed by atoms with Crippen LogP contribution in [-0.4, -0.2) is 29.1 Å². The Morgan fingerprint density at radius 2 is 1.96 bits per heavy atom. The number of hydrogen-bond donors (Lipinski definition) is 2. The fourth-order valence-corrected chi connectivity index (χ4v) is 3.06. The average Bonchev–Trinajstić information content (AvgIpc) is 2.95. The van der Waals surface area contributed by atoms with Gasteiger partial charge in [-0.1, -0.05) is 17.3 Å².